The second-order valence-electron chi connectivity index (χ2n) is 15.5. The molecule has 1 saturated heterocycles. The van der Waals surface area contributed by atoms with Gasteiger partial charge < -0.3 is 24.4 Å². The predicted molar refractivity (Wildman–Crippen MR) is 164 cm³/mol. The highest BCUT2D eigenvalue weighted by atomic mass is 32.2. The summed E-state index contributed by atoms with van der Waals surface area (Å²) in [6, 6.07) is 0. The molecule has 0 amide bonds. The van der Waals surface area contributed by atoms with Crippen molar-refractivity contribution in [2.24, 2.45) is 34.0 Å². The average Bonchev–Trinajstić information content (AvgIpc) is 3.65. The van der Waals surface area contributed by atoms with E-state index in [2.05, 4.69) is 50.1 Å². The zero-order valence-electron chi connectivity index (χ0n) is 27.7. The molecule has 1 heterocycles. The van der Waals surface area contributed by atoms with Gasteiger partial charge in [-0.3, -0.25) is 8.98 Å². The molecule has 5 rings (SSSR count). The van der Waals surface area contributed by atoms with Crippen molar-refractivity contribution in [3.8, 4) is 0 Å². The lowest BCUT2D eigenvalue weighted by atomic mass is 9.45. The molecule has 2 fully saturated rings. The lowest BCUT2D eigenvalue weighted by Crippen LogP contribution is -2.63. The van der Waals surface area contributed by atoms with Gasteiger partial charge >= 0.3 is 5.97 Å². The van der Waals surface area contributed by atoms with Crippen LogP contribution >= 0.6 is 12.3 Å². The van der Waals surface area contributed by atoms with Crippen molar-refractivity contribution in [1.82, 2.24) is 0 Å². The number of carbonyl (C=O) groups excluding carboxylic acids is 1. The van der Waals surface area contributed by atoms with Crippen LogP contribution in [0.15, 0.2) is 22.8 Å². The zero-order valence-corrected chi connectivity index (χ0v) is 28.5. The van der Waals surface area contributed by atoms with Crippen LogP contribution < -0.4 is 0 Å². The number of methoxy groups -OCH3 is 1. The van der Waals surface area contributed by atoms with Crippen LogP contribution in [0.1, 0.15) is 93.9 Å². The van der Waals surface area contributed by atoms with Crippen LogP contribution in [-0.2, 0) is 32.6 Å². The van der Waals surface area contributed by atoms with Crippen molar-refractivity contribution in [2.75, 3.05) is 13.7 Å². The van der Waals surface area contributed by atoms with E-state index in [1.54, 1.807) is 7.11 Å². The molecule has 0 aromatic heterocycles. The van der Waals surface area contributed by atoms with Crippen LogP contribution in [0, 0.1) is 34.0 Å². The molecule has 10 atom stereocenters. The summed E-state index contributed by atoms with van der Waals surface area (Å²) in [6.45, 7) is 16.6. The number of epoxide rings is 1. The van der Waals surface area contributed by atoms with Gasteiger partial charge in [-0.2, -0.15) is 0 Å². The fourth-order valence-corrected chi connectivity index (χ4v) is 10.7. The molecular weight excluding hydrogens is 588 g/mol. The summed E-state index contributed by atoms with van der Waals surface area (Å²) < 4.78 is 28.8. The van der Waals surface area contributed by atoms with Gasteiger partial charge in [0.1, 0.15) is 23.9 Å². The molecule has 3 N–H and O–H groups in total. The fourth-order valence-electron chi connectivity index (χ4n) is 10.2. The van der Waals surface area contributed by atoms with Gasteiger partial charge in [0.05, 0.1) is 18.3 Å². The minimum atomic E-state index is -0.906. The number of allylic oxidation sites excluding steroid dienone is 2. The minimum absolute atomic E-state index is 0.117. The first-order chi connectivity index (χ1) is 20.5. The van der Waals surface area contributed by atoms with Crippen molar-refractivity contribution in [2.45, 2.75) is 130 Å². The second kappa shape index (κ2) is 11.9. The van der Waals surface area contributed by atoms with Crippen LogP contribution in [0.3, 0.4) is 0 Å². The largest absolute Gasteiger partial charge is 0.458 e. The van der Waals surface area contributed by atoms with Gasteiger partial charge in [0.2, 0.25) is 0 Å². The molecule has 0 aromatic carbocycles. The van der Waals surface area contributed by atoms with Gasteiger partial charge in [-0.25, -0.2) is 5.26 Å². The van der Waals surface area contributed by atoms with E-state index in [9.17, 15) is 15.0 Å². The Morgan fingerprint density at radius 3 is 2.48 bits per heavy atom. The lowest BCUT2D eigenvalue weighted by Gasteiger charge is -2.62. The summed E-state index contributed by atoms with van der Waals surface area (Å²) in [5.74, 6) is 0.253. The van der Waals surface area contributed by atoms with Crippen molar-refractivity contribution in [3.05, 3.63) is 22.8 Å². The number of rotatable bonds is 11. The maximum absolute atomic E-state index is 12.7. The minimum Gasteiger partial charge on any atom is -0.458 e. The second-order valence-corrected chi connectivity index (χ2v) is 16.0. The van der Waals surface area contributed by atoms with Crippen molar-refractivity contribution >= 4 is 18.3 Å². The Kier molecular flexibility index (Phi) is 9.28. The van der Waals surface area contributed by atoms with E-state index in [1.807, 2.05) is 13.8 Å². The maximum Gasteiger partial charge on any atom is 0.303 e. The number of hydrogen-bond donors (Lipinski definition) is 3. The van der Waals surface area contributed by atoms with E-state index in [1.165, 1.54) is 18.1 Å². The topological polar surface area (TPSA) is 136 Å². The number of aliphatic hydroxyl groups excluding tert-OH is 1. The molecule has 4 aliphatic carbocycles. The molecule has 0 aromatic rings. The molecule has 0 bridgehead atoms. The molecule has 5 aliphatic rings. The maximum atomic E-state index is 12.7. The standard InChI is InChI=1S/C33H52O10S/c1-18(14-15-33(17-39-33)30(5,6)36)21-11-12-22-20-10-13-24-29(3,4)27(41-44-43-42-37)23(35)16-31(24,7)25(20)26(38-9)28(32(21,22)8)40-19(2)34/h12,18,21,23-24,26-28,35-37H,10-11,13-17H2,1-9H3/t18-,21-,23-,24+,26-,27+,28+,31+,32-,33?/m1/s1. The Balaban J connectivity index is 1.52. The molecule has 1 unspecified atom stereocenters. The SMILES string of the molecule is CO[C@@H]1C2=C(CC[C@H]3C(C)(C)[C@@H](OSOOO)[C@H](O)C[C@]23C)C2=CC[C@H]([C@H](C)CCC3(C(C)(C)O)CO3)[C@@]2(C)[C@H]1OC(C)=O. The first-order valence-corrected chi connectivity index (χ1v) is 16.7. The van der Waals surface area contributed by atoms with Crippen LogP contribution in [-0.4, -0.2) is 70.8 Å². The van der Waals surface area contributed by atoms with E-state index in [-0.39, 0.29) is 23.7 Å². The summed E-state index contributed by atoms with van der Waals surface area (Å²) in [5, 5.41) is 34.5. The highest BCUT2D eigenvalue weighted by Gasteiger charge is 2.66. The van der Waals surface area contributed by atoms with E-state index in [4.69, 9.17) is 23.7 Å². The van der Waals surface area contributed by atoms with Gasteiger partial charge in [-0.15, -0.1) is 4.33 Å². The zero-order chi connectivity index (χ0) is 32.5. The third kappa shape index (κ3) is 5.32. The van der Waals surface area contributed by atoms with Crippen LogP contribution in [0.25, 0.3) is 0 Å². The number of aliphatic hydroxyl groups is 2. The first kappa shape index (κ1) is 34.3. The van der Waals surface area contributed by atoms with Crippen LogP contribution in [0.4, 0.5) is 0 Å². The monoisotopic (exact) mass is 640 g/mol. The van der Waals surface area contributed by atoms with Crippen molar-refractivity contribution in [1.29, 1.82) is 0 Å². The third-order valence-electron chi connectivity index (χ3n) is 12.5. The Hall–Kier alpha value is -1.02. The first-order valence-electron chi connectivity index (χ1n) is 16.0. The molecule has 44 heavy (non-hydrogen) atoms. The number of esters is 1. The third-order valence-corrected chi connectivity index (χ3v) is 12.9. The molecule has 0 radical (unpaired) electrons. The summed E-state index contributed by atoms with van der Waals surface area (Å²) in [7, 11) is 1.70. The van der Waals surface area contributed by atoms with E-state index in [0.717, 1.165) is 37.7 Å². The molecule has 10 nitrogen and oxygen atoms in total. The van der Waals surface area contributed by atoms with Gasteiger partial charge in [0, 0.05) is 19.4 Å². The molecule has 11 heteroatoms. The predicted octanol–water partition coefficient (Wildman–Crippen LogP) is 5.73. The van der Waals surface area contributed by atoms with E-state index >= 15 is 0 Å². The highest BCUT2D eigenvalue weighted by Crippen LogP contribution is 2.68. The molecule has 1 saturated carbocycles. The Morgan fingerprint density at radius 1 is 1.23 bits per heavy atom. The highest BCUT2D eigenvalue weighted by molar-refractivity contribution is 7.89. The summed E-state index contributed by atoms with van der Waals surface area (Å²) >= 11 is 0.507. The summed E-state index contributed by atoms with van der Waals surface area (Å²) in [6.07, 6.45) is 4.62. The smallest absolute Gasteiger partial charge is 0.303 e. The van der Waals surface area contributed by atoms with Gasteiger partial charge in [-0.1, -0.05) is 45.7 Å². The van der Waals surface area contributed by atoms with Crippen LogP contribution in [0.2, 0.25) is 0 Å². The van der Waals surface area contributed by atoms with Gasteiger partial charge in [0.25, 0.3) is 0 Å². The average molecular weight is 641 g/mol. The Bertz CT molecular complexity index is 1170. The molecular formula is C33H52O10S. The van der Waals surface area contributed by atoms with E-state index < -0.39 is 51.9 Å². The normalized spacial score (nSPS) is 41.8. The quantitative estimate of drug-likeness (QED) is 0.0638. The number of hydrogen-bond acceptors (Lipinski definition) is 11. The number of fused-ring (bicyclic) bond motifs is 4. The molecule has 1 aliphatic heterocycles. The van der Waals surface area contributed by atoms with Crippen molar-refractivity contribution in [3.63, 3.8) is 0 Å². The fraction of sp³-hybridized carbons (Fsp3) is 0.848. The van der Waals surface area contributed by atoms with Gasteiger partial charge in [-0.05, 0) is 97.7 Å². The van der Waals surface area contributed by atoms with Crippen LogP contribution in [0.5, 0.6) is 0 Å². The Labute approximate surface area is 266 Å². The molecule has 250 valence electrons. The summed E-state index contributed by atoms with van der Waals surface area (Å²) in [5.41, 5.74) is 0.852. The lowest BCUT2D eigenvalue weighted by molar-refractivity contribution is -0.434. The number of ether oxygens (including phenoxy) is 3. The molecule has 0 spiro atoms. The Morgan fingerprint density at radius 2 is 1.91 bits per heavy atom. The summed E-state index contributed by atoms with van der Waals surface area (Å²) in [4.78, 5) is 12.7. The van der Waals surface area contributed by atoms with E-state index in [0.29, 0.717) is 25.4 Å². The number of carbonyl (C=O) groups is 1. The van der Waals surface area contributed by atoms with Gasteiger partial charge in [0.15, 0.2) is 12.3 Å². The van der Waals surface area contributed by atoms with Crippen molar-refractivity contribution < 1.29 is 48.0 Å².